The lowest BCUT2D eigenvalue weighted by molar-refractivity contribution is -0.384. The number of benzene rings is 2. The smallest absolute Gasteiger partial charge is 0.289 e. The molecule has 1 fully saturated rings. The second-order valence-corrected chi connectivity index (χ2v) is 8.15. The highest BCUT2D eigenvalue weighted by Crippen LogP contribution is 2.29. The van der Waals surface area contributed by atoms with Crippen LogP contribution in [0.2, 0.25) is 5.02 Å². The van der Waals surface area contributed by atoms with E-state index in [1.54, 1.807) is 0 Å². The SMILES string of the molecule is Cc1cccc(C)c1NC(=O)CN(CCC(=O)Nc1ccc(Cl)c([N+](=O)[O-])c1)C1CC1. The summed E-state index contributed by atoms with van der Waals surface area (Å²) in [4.78, 5) is 37.4. The molecule has 0 bridgehead atoms. The Labute approximate surface area is 185 Å². The van der Waals surface area contributed by atoms with Gasteiger partial charge in [-0.15, -0.1) is 0 Å². The molecule has 2 amide bonds. The maximum atomic E-state index is 12.6. The second-order valence-electron chi connectivity index (χ2n) is 7.74. The average molecular weight is 445 g/mol. The summed E-state index contributed by atoms with van der Waals surface area (Å²) in [7, 11) is 0. The number of nitrogens with one attached hydrogen (secondary N) is 2. The predicted octanol–water partition coefficient (Wildman–Crippen LogP) is 4.30. The minimum absolute atomic E-state index is 0.0119. The van der Waals surface area contributed by atoms with E-state index in [1.807, 2.05) is 36.9 Å². The molecular formula is C22H25ClN4O4. The normalized spacial score (nSPS) is 13.2. The zero-order valence-electron chi connectivity index (χ0n) is 17.5. The summed E-state index contributed by atoms with van der Waals surface area (Å²) in [6.45, 7) is 4.53. The lowest BCUT2D eigenvalue weighted by Gasteiger charge is -2.22. The number of hydrogen-bond acceptors (Lipinski definition) is 5. The molecule has 9 heteroatoms. The molecule has 0 aromatic heterocycles. The molecule has 8 nitrogen and oxygen atoms in total. The van der Waals surface area contributed by atoms with Crippen LogP contribution in [-0.4, -0.2) is 40.8 Å². The van der Waals surface area contributed by atoms with Gasteiger partial charge >= 0.3 is 0 Å². The van der Waals surface area contributed by atoms with Crippen LogP contribution in [0.15, 0.2) is 36.4 Å². The molecule has 3 rings (SSSR count). The van der Waals surface area contributed by atoms with Crippen molar-refractivity contribution in [3.8, 4) is 0 Å². The fourth-order valence-electron chi connectivity index (χ4n) is 3.40. The van der Waals surface area contributed by atoms with E-state index in [-0.39, 0.29) is 35.5 Å². The van der Waals surface area contributed by atoms with E-state index in [1.165, 1.54) is 18.2 Å². The molecule has 0 radical (unpaired) electrons. The molecule has 0 aliphatic heterocycles. The Morgan fingerprint density at radius 1 is 1.13 bits per heavy atom. The number of para-hydroxylation sites is 1. The Morgan fingerprint density at radius 2 is 1.81 bits per heavy atom. The third kappa shape index (κ3) is 6.26. The number of hydrogen-bond donors (Lipinski definition) is 2. The Hall–Kier alpha value is -2.97. The Kier molecular flexibility index (Phi) is 7.25. The standard InChI is InChI=1S/C22H25ClN4O4/c1-14-4-3-5-15(2)22(14)25-21(29)13-26(17-7-8-17)11-10-20(28)24-16-6-9-18(23)19(12-16)27(30)31/h3-6,9,12,17H,7-8,10-11,13H2,1-2H3,(H,24,28)(H,25,29). The van der Waals surface area contributed by atoms with Gasteiger partial charge in [-0.2, -0.15) is 0 Å². The molecule has 1 aliphatic carbocycles. The molecule has 0 atom stereocenters. The van der Waals surface area contributed by atoms with Crippen molar-refractivity contribution in [1.82, 2.24) is 4.90 Å². The lowest BCUT2D eigenvalue weighted by atomic mass is 10.1. The molecule has 1 aliphatic rings. The van der Waals surface area contributed by atoms with E-state index < -0.39 is 4.92 Å². The summed E-state index contributed by atoms with van der Waals surface area (Å²) in [6.07, 6.45) is 2.17. The molecule has 2 aromatic rings. The zero-order chi connectivity index (χ0) is 22.5. The Morgan fingerprint density at radius 3 is 2.42 bits per heavy atom. The van der Waals surface area contributed by atoms with Gasteiger partial charge in [0, 0.05) is 36.4 Å². The summed E-state index contributed by atoms with van der Waals surface area (Å²) in [5.41, 5.74) is 2.88. The van der Waals surface area contributed by atoms with Gasteiger partial charge < -0.3 is 10.6 Å². The maximum absolute atomic E-state index is 12.6. The molecule has 2 N–H and O–H groups in total. The van der Waals surface area contributed by atoms with Gasteiger partial charge in [0.1, 0.15) is 5.02 Å². The van der Waals surface area contributed by atoms with Crippen LogP contribution in [0.3, 0.4) is 0 Å². The second kappa shape index (κ2) is 9.89. The van der Waals surface area contributed by atoms with Crippen LogP contribution in [0.4, 0.5) is 17.1 Å². The van der Waals surface area contributed by atoms with Gasteiger partial charge in [0.05, 0.1) is 11.5 Å². The first kappa shape index (κ1) is 22.7. The number of nitrogens with zero attached hydrogens (tertiary/aromatic N) is 2. The maximum Gasteiger partial charge on any atom is 0.289 e. The Balaban J connectivity index is 1.55. The summed E-state index contributed by atoms with van der Waals surface area (Å²) >= 11 is 5.80. The molecule has 164 valence electrons. The first-order chi connectivity index (χ1) is 14.7. The summed E-state index contributed by atoms with van der Waals surface area (Å²) in [5.74, 6) is -0.393. The number of carbonyl (C=O) groups excluding carboxylic acids is 2. The van der Waals surface area contributed by atoms with Crippen molar-refractivity contribution in [2.45, 2.75) is 39.2 Å². The molecule has 1 saturated carbocycles. The van der Waals surface area contributed by atoms with Crippen molar-refractivity contribution in [3.63, 3.8) is 0 Å². The highest BCUT2D eigenvalue weighted by atomic mass is 35.5. The van der Waals surface area contributed by atoms with Crippen LogP contribution in [0.5, 0.6) is 0 Å². The number of aryl methyl sites for hydroxylation is 2. The fraction of sp³-hybridized carbons (Fsp3) is 0.364. The summed E-state index contributed by atoms with van der Waals surface area (Å²) in [5, 5.41) is 16.6. The van der Waals surface area contributed by atoms with Crippen LogP contribution in [-0.2, 0) is 9.59 Å². The van der Waals surface area contributed by atoms with Gasteiger partial charge in [0.25, 0.3) is 5.69 Å². The number of carbonyl (C=O) groups is 2. The Bertz CT molecular complexity index is 987. The molecule has 0 spiro atoms. The third-order valence-electron chi connectivity index (χ3n) is 5.21. The average Bonchev–Trinajstić information content (AvgIpc) is 3.54. The van der Waals surface area contributed by atoms with Gasteiger partial charge in [0.2, 0.25) is 11.8 Å². The van der Waals surface area contributed by atoms with E-state index in [2.05, 4.69) is 10.6 Å². The third-order valence-corrected chi connectivity index (χ3v) is 5.53. The zero-order valence-corrected chi connectivity index (χ0v) is 18.2. The van der Waals surface area contributed by atoms with Crippen LogP contribution in [0.25, 0.3) is 0 Å². The van der Waals surface area contributed by atoms with Gasteiger partial charge in [-0.3, -0.25) is 24.6 Å². The van der Waals surface area contributed by atoms with Gasteiger partial charge in [0.15, 0.2) is 0 Å². The predicted molar refractivity (Wildman–Crippen MR) is 120 cm³/mol. The van der Waals surface area contributed by atoms with Crippen molar-refractivity contribution < 1.29 is 14.5 Å². The minimum Gasteiger partial charge on any atom is -0.326 e. The van der Waals surface area contributed by atoms with Gasteiger partial charge in [-0.05, 0) is 49.9 Å². The van der Waals surface area contributed by atoms with Crippen molar-refractivity contribution in [1.29, 1.82) is 0 Å². The van der Waals surface area contributed by atoms with Gasteiger partial charge in [-0.25, -0.2) is 0 Å². The number of amides is 2. The van der Waals surface area contributed by atoms with E-state index in [0.29, 0.717) is 18.3 Å². The number of halogens is 1. The quantitative estimate of drug-likeness (QED) is 0.443. The monoisotopic (exact) mass is 444 g/mol. The molecule has 2 aromatic carbocycles. The molecular weight excluding hydrogens is 420 g/mol. The summed E-state index contributed by atoms with van der Waals surface area (Å²) in [6, 6.07) is 10.3. The van der Waals surface area contributed by atoms with Crippen LogP contribution < -0.4 is 10.6 Å². The number of nitro groups is 1. The first-order valence-corrected chi connectivity index (χ1v) is 10.5. The number of rotatable bonds is 9. The molecule has 0 saturated heterocycles. The number of nitro benzene ring substituents is 1. The van der Waals surface area contributed by atoms with Crippen molar-refractivity contribution in [2.75, 3.05) is 23.7 Å². The largest absolute Gasteiger partial charge is 0.326 e. The fourth-order valence-corrected chi connectivity index (χ4v) is 3.59. The highest BCUT2D eigenvalue weighted by Gasteiger charge is 2.30. The van der Waals surface area contributed by atoms with E-state index in [9.17, 15) is 19.7 Å². The first-order valence-electron chi connectivity index (χ1n) is 10.1. The van der Waals surface area contributed by atoms with E-state index >= 15 is 0 Å². The van der Waals surface area contributed by atoms with Crippen molar-refractivity contribution >= 4 is 40.5 Å². The lowest BCUT2D eigenvalue weighted by Crippen LogP contribution is -2.37. The molecule has 0 heterocycles. The topological polar surface area (TPSA) is 105 Å². The van der Waals surface area contributed by atoms with Gasteiger partial charge in [-0.1, -0.05) is 29.8 Å². The minimum atomic E-state index is -0.596. The summed E-state index contributed by atoms with van der Waals surface area (Å²) < 4.78 is 0. The molecule has 0 unspecified atom stereocenters. The van der Waals surface area contributed by atoms with Crippen molar-refractivity contribution in [2.24, 2.45) is 0 Å². The van der Waals surface area contributed by atoms with E-state index in [4.69, 9.17) is 11.6 Å². The van der Waals surface area contributed by atoms with Crippen LogP contribution >= 0.6 is 11.6 Å². The van der Waals surface area contributed by atoms with E-state index in [0.717, 1.165) is 29.7 Å². The molecule has 31 heavy (non-hydrogen) atoms. The van der Waals surface area contributed by atoms with Crippen LogP contribution in [0, 0.1) is 24.0 Å². The van der Waals surface area contributed by atoms with Crippen LogP contribution in [0.1, 0.15) is 30.4 Å². The van der Waals surface area contributed by atoms with Crippen molar-refractivity contribution in [3.05, 3.63) is 62.7 Å². The highest BCUT2D eigenvalue weighted by molar-refractivity contribution is 6.32. The number of anilines is 2.